The first-order valence-corrected chi connectivity index (χ1v) is 9.18. The van der Waals surface area contributed by atoms with Crippen molar-refractivity contribution in [3.63, 3.8) is 0 Å². The molecular weight excluding hydrogens is 244 g/mol. The third-order valence-electron chi connectivity index (χ3n) is 5.57. The number of nitrogens with zero attached hydrogens (tertiary/aromatic N) is 1. The first-order valence-electron chi connectivity index (χ1n) is 9.18. The molecule has 1 spiro atoms. The Labute approximate surface area is 126 Å². The van der Waals surface area contributed by atoms with Gasteiger partial charge >= 0.3 is 0 Å². The van der Waals surface area contributed by atoms with E-state index in [2.05, 4.69) is 31.0 Å². The zero-order valence-corrected chi connectivity index (χ0v) is 14.1. The first-order chi connectivity index (χ1) is 9.70. The lowest BCUT2D eigenvalue weighted by molar-refractivity contribution is -0.00184. The van der Waals surface area contributed by atoms with Gasteiger partial charge in [-0.25, -0.2) is 0 Å². The summed E-state index contributed by atoms with van der Waals surface area (Å²) < 4.78 is 0. The van der Waals surface area contributed by atoms with Gasteiger partial charge in [-0.05, 0) is 31.6 Å². The van der Waals surface area contributed by atoms with E-state index in [1.165, 1.54) is 77.4 Å². The van der Waals surface area contributed by atoms with Crippen LogP contribution in [0.1, 0.15) is 78.6 Å². The predicted octanol–water partition coefficient (Wildman–Crippen LogP) is 4.20. The highest BCUT2D eigenvalue weighted by Gasteiger charge is 2.42. The lowest BCUT2D eigenvalue weighted by Crippen LogP contribution is -2.65. The van der Waals surface area contributed by atoms with Crippen LogP contribution in [0.15, 0.2) is 0 Å². The van der Waals surface area contributed by atoms with E-state index in [1.54, 1.807) is 0 Å². The third kappa shape index (κ3) is 3.98. The van der Waals surface area contributed by atoms with Crippen LogP contribution in [-0.2, 0) is 0 Å². The molecule has 1 heterocycles. The van der Waals surface area contributed by atoms with Crippen LogP contribution in [0, 0.1) is 5.92 Å². The summed E-state index contributed by atoms with van der Waals surface area (Å²) in [6.07, 6.45) is 12.6. The Hall–Kier alpha value is -0.0800. The van der Waals surface area contributed by atoms with Crippen molar-refractivity contribution < 1.29 is 0 Å². The highest BCUT2D eigenvalue weighted by atomic mass is 15.3. The van der Waals surface area contributed by atoms with Crippen LogP contribution in [-0.4, -0.2) is 36.1 Å². The largest absolute Gasteiger partial charge is 0.311 e. The minimum Gasteiger partial charge on any atom is -0.311 e. The van der Waals surface area contributed by atoms with Gasteiger partial charge < -0.3 is 5.32 Å². The van der Waals surface area contributed by atoms with Gasteiger partial charge in [0.25, 0.3) is 0 Å². The standard InChI is InChI=1S/C18H36N2/c1-4-9-16(3)13-20-14-17(10-5-2)19-15-18(20)11-7-6-8-12-18/h16-17,19H,4-15H2,1-3H3. The Balaban J connectivity index is 2.01. The van der Waals surface area contributed by atoms with Crippen molar-refractivity contribution >= 4 is 0 Å². The minimum absolute atomic E-state index is 0.504. The Bertz CT molecular complexity index is 269. The Morgan fingerprint density at radius 3 is 2.55 bits per heavy atom. The lowest BCUT2D eigenvalue weighted by Gasteiger charge is -2.53. The Morgan fingerprint density at radius 2 is 1.90 bits per heavy atom. The molecule has 0 bridgehead atoms. The molecule has 0 aromatic rings. The molecule has 2 heteroatoms. The van der Waals surface area contributed by atoms with Gasteiger partial charge in [0.05, 0.1) is 0 Å². The van der Waals surface area contributed by atoms with E-state index >= 15 is 0 Å². The molecule has 0 amide bonds. The maximum absolute atomic E-state index is 3.87. The molecule has 1 aliphatic carbocycles. The molecule has 0 aromatic heterocycles. The number of piperazine rings is 1. The first kappa shape index (κ1) is 16.3. The van der Waals surface area contributed by atoms with E-state index < -0.39 is 0 Å². The average Bonchev–Trinajstić information content (AvgIpc) is 2.44. The van der Waals surface area contributed by atoms with E-state index in [4.69, 9.17) is 0 Å². The van der Waals surface area contributed by atoms with Crippen molar-refractivity contribution in [3.8, 4) is 0 Å². The summed E-state index contributed by atoms with van der Waals surface area (Å²) in [5, 5.41) is 3.87. The summed E-state index contributed by atoms with van der Waals surface area (Å²) in [4.78, 5) is 2.91. The van der Waals surface area contributed by atoms with Gasteiger partial charge in [0.2, 0.25) is 0 Å². The van der Waals surface area contributed by atoms with Crippen molar-refractivity contribution in [1.82, 2.24) is 10.2 Å². The van der Waals surface area contributed by atoms with Crippen LogP contribution in [0.5, 0.6) is 0 Å². The average molecular weight is 280 g/mol. The van der Waals surface area contributed by atoms with Gasteiger partial charge in [0.1, 0.15) is 0 Å². The van der Waals surface area contributed by atoms with Crippen LogP contribution >= 0.6 is 0 Å². The monoisotopic (exact) mass is 280 g/mol. The second-order valence-electron chi connectivity index (χ2n) is 7.45. The summed E-state index contributed by atoms with van der Waals surface area (Å²) >= 11 is 0. The van der Waals surface area contributed by atoms with Crippen molar-refractivity contribution in [2.75, 3.05) is 19.6 Å². The molecule has 1 saturated heterocycles. The van der Waals surface area contributed by atoms with Crippen molar-refractivity contribution in [3.05, 3.63) is 0 Å². The molecule has 2 rings (SSSR count). The van der Waals surface area contributed by atoms with Gasteiger partial charge in [-0.15, -0.1) is 0 Å². The molecule has 2 aliphatic rings. The molecule has 118 valence electrons. The summed E-state index contributed by atoms with van der Waals surface area (Å²) in [6.45, 7) is 11.0. The molecule has 2 nitrogen and oxygen atoms in total. The van der Waals surface area contributed by atoms with Crippen molar-refractivity contribution in [2.45, 2.75) is 90.1 Å². The minimum atomic E-state index is 0.504. The highest BCUT2D eigenvalue weighted by Crippen LogP contribution is 2.36. The third-order valence-corrected chi connectivity index (χ3v) is 5.57. The summed E-state index contributed by atoms with van der Waals surface area (Å²) in [6, 6.07) is 0.737. The van der Waals surface area contributed by atoms with Gasteiger partial charge in [0, 0.05) is 31.2 Å². The fourth-order valence-corrected chi connectivity index (χ4v) is 4.44. The van der Waals surface area contributed by atoms with E-state index in [0.717, 1.165) is 12.0 Å². The molecule has 1 N–H and O–H groups in total. The molecule has 2 atom stereocenters. The van der Waals surface area contributed by atoms with Gasteiger partial charge in [0.15, 0.2) is 0 Å². The molecule has 0 radical (unpaired) electrons. The fraction of sp³-hybridized carbons (Fsp3) is 1.00. The number of nitrogens with one attached hydrogen (secondary N) is 1. The van der Waals surface area contributed by atoms with Crippen LogP contribution < -0.4 is 5.32 Å². The number of hydrogen-bond donors (Lipinski definition) is 1. The fourth-order valence-electron chi connectivity index (χ4n) is 4.44. The normalized spacial score (nSPS) is 28.6. The zero-order chi connectivity index (χ0) is 14.4. The van der Waals surface area contributed by atoms with Crippen LogP contribution in [0.25, 0.3) is 0 Å². The molecule has 20 heavy (non-hydrogen) atoms. The van der Waals surface area contributed by atoms with E-state index in [1.807, 2.05) is 0 Å². The summed E-state index contributed by atoms with van der Waals surface area (Å²) in [5.41, 5.74) is 0.504. The van der Waals surface area contributed by atoms with Gasteiger partial charge in [-0.2, -0.15) is 0 Å². The Kier molecular flexibility index (Phi) is 6.35. The van der Waals surface area contributed by atoms with Gasteiger partial charge in [-0.3, -0.25) is 4.90 Å². The molecule has 1 saturated carbocycles. The van der Waals surface area contributed by atoms with Crippen LogP contribution in [0.4, 0.5) is 0 Å². The van der Waals surface area contributed by atoms with Gasteiger partial charge in [-0.1, -0.05) is 52.9 Å². The zero-order valence-electron chi connectivity index (χ0n) is 14.1. The highest BCUT2D eigenvalue weighted by molar-refractivity contribution is 5.00. The maximum Gasteiger partial charge on any atom is 0.0334 e. The second-order valence-corrected chi connectivity index (χ2v) is 7.45. The van der Waals surface area contributed by atoms with Crippen LogP contribution in [0.2, 0.25) is 0 Å². The van der Waals surface area contributed by atoms with Crippen molar-refractivity contribution in [1.29, 1.82) is 0 Å². The smallest absolute Gasteiger partial charge is 0.0334 e. The van der Waals surface area contributed by atoms with E-state index in [-0.39, 0.29) is 0 Å². The summed E-state index contributed by atoms with van der Waals surface area (Å²) in [7, 11) is 0. The molecule has 0 aromatic carbocycles. The molecule has 2 unspecified atom stereocenters. The summed E-state index contributed by atoms with van der Waals surface area (Å²) in [5.74, 6) is 0.860. The van der Waals surface area contributed by atoms with E-state index in [9.17, 15) is 0 Å². The molecular formula is C18H36N2. The number of hydrogen-bond acceptors (Lipinski definition) is 2. The molecule has 2 fully saturated rings. The number of rotatable bonds is 6. The lowest BCUT2D eigenvalue weighted by atomic mass is 9.77. The predicted molar refractivity (Wildman–Crippen MR) is 88.2 cm³/mol. The topological polar surface area (TPSA) is 15.3 Å². The van der Waals surface area contributed by atoms with Crippen molar-refractivity contribution in [2.24, 2.45) is 5.92 Å². The molecule has 1 aliphatic heterocycles. The second kappa shape index (κ2) is 7.79. The quantitative estimate of drug-likeness (QED) is 0.784. The maximum atomic E-state index is 3.87. The SMILES string of the molecule is CCCC(C)CN1CC(CCC)NCC12CCCCC2. The Morgan fingerprint density at radius 1 is 1.15 bits per heavy atom. The van der Waals surface area contributed by atoms with E-state index in [0.29, 0.717) is 5.54 Å². The van der Waals surface area contributed by atoms with Crippen LogP contribution in [0.3, 0.4) is 0 Å².